The normalized spacial score (nSPS) is 20.4. The minimum Gasteiger partial charge on any atom is -0.497 e. The van der Waals surface area contributed by atoms with Gasteiger partial charge in [-0.25, -0.2) is 4.79 Å². The maximum absolute atomic E-state index is 13.5. The zero-order valence-electron chi connectivity index (χ0n) is 19.2. The smallest absolute Gasteiger partial charge is 0.336 e. The molecule has 0 radical (unpaired) electrons. The molecule has 1 aromatic heterocycles. The van der Waals surface area contributed by atoms with E-state index in [1.807, 2.05) is 48.7 Å². The Morgan fingerprint density at radius 2 is 2.09 bits per heavy atom. The molecule has 174 valence electrons. The van der Waals surface area contributed by atoms with Gasteiger partial charge in [0.25, 0.3) is 0 Å². The Hall–Kier alpha value is -2.51. The summed E-state index contributed by atoms with van der Waals surface area (Å²) in [4.78, 5) is 27.7. The third kappa shape index (κ3) is 5.04. The fraction of sp³-hybridized carbons (Fsp3) is 0.385. The molecule has 0 spiro atoms. The van der Waals surface area contributed by atoms with Crippen molar-refractivity contribution in [3.63, 3.8) is 0 Å². The topological polar surface area (TPSA) is 64.6 Å². The lowest BCUT2D eigenvalue weighted by atomic mass is 9.73. The molecule has 1 aliphatic heterocycles. The summed E-state index contributed by atoms with van der Waals surface area (Å²) in [6, 6.07) is 11.9. The van der Waals surface area contributed by atoms with Gasteiger partial charge in [0.05, 0.1) is 18.6 Å². The van der Waals surface area contributed by atoms with Crippen LogP contribution in [0.3, 0.4) is 0 Å². The number of rotatable bonds is 8. The van der Waals surface area contributed by atoms with Crippen LogP contribution in [0.15, 0.2) is 64.3 Å². The van der Waals surface area contributed by atoms with Gasteiger partial charge in [0.1, 0.15) is 12.4 Å². The van der Waals surface area contributed by atoms with Crippen LogP contribution >= 0.6 is 23.1 Å². The van der Waals surface area contributed by atoms with Crippen molar-refractivity contribution in [2.24, 2.45) is 0 Å². The first-order valence-electron chi connectivity index (χ1n) is 11.2. The Balaban J connectivity index is 1.66. The zero-order valence-corrected chi connectivity index (χ0v) is 20.8. The van der Waals surface area contributed by atoms with Gasteiger partial charge in [-0.3, -0.25) is 4.79 Å². The van der Waals surface area contributed by atoms with Crippen LogP contribution in [0, 0.1) is 0 Å². The number of thiophene rings is 1. The Morgan fingerprint density at radius 1 is 1.24 bits per heavy atom. The Bertz CT molecular complexity index is 1090. The van der Waals surface area contributed by atoms with Gasteiger partial charge < -0.3 is 14.8 Å². The molecule has 2 atom stereocenters. The molecule has 2 aliphatic rings. The highest BCUT2D eigenvalue weighted by atomic mass is 32.2. The molecule has 0 bridgehead atoms. The van der Waals surface area contributed by atoms with Gasteiger partial charge in [0, 0.05) is 34.0 Å². The van der Waals surface area contributed by atoms with E-state index in [0.717, 1.165) is 39.1 Å². The SMILES string of the molecule is CCSCCOC(=O)C1=C(C)NC2=C(C(=O)C[C@H](c3cccc(OC)c3)C2)[C@H]1c1cccs1. The largest absolute Gasteiger partial charge is 0.497 e. The van der Waals surface area contributed by atoms with Crippen LogP contribution in [0.1, 0.15) is 49.0 Å². The molecule has 0 amide bonds. The molecule has 1 N–H and O–H groups in total. The molecule has 7 heteroatoms. The highest BCUT2D eigenvalue weighted by molar-refractivity contribution is 7.99. The first-order chi connectivity index (χ1) is 16.0. The second-order valence-electron chi connectivity index (χ2n) is 8.14. The molecule has 0 unspecified atom stereocenters. The van der Waals surface area contributed by atoms with Crippen molar-refractivity contribution >= 4 is 34.9 Å². The standard InChI is InChI=1S/C26H29NO4S2/c1-4-32-12-10-31-26(29)23-16(2)27-20-14-18(17-7-5-8-19(13-17)30-3)15-21(28)24(20)25(23)22-9-6-11-33-22/h5-9,11,13,18,25,27H,4,10,12,14-15H2,1-3H3/t18-,25+/m1/s1. The molecule has 33 heavy (non-hydrogen) atoms. The first kappa shape index (κ1) is 23.6. The number of hydrogen-bond donors (Lipinski definition) is 1. The third-order valence-electron chi connectivity index (χ3n) is 6.11. The van der Waals surface area contributed by atoms with E-state index in [0.29, 0.717) is 30.6 Å². The number of benzene rings is 1. The monoisotopic (exact) mass is 483 g/mol. The minimum absolute atomic E-state index is 0.0650. The quantitative estimate of drug-likeness (QED) is 0.400. The van der Waals surface area contributed by atoms with Crippen molar-refractivity contribution in [1.82, 2.24) is 5.32 Å². The van der Waals surface area contributed by atoms with E-state index in [2.05, 4.69) is 12.2 Å². The van der Waals surface area contributed by atoms with E-state index in [9.17, 15) is 9.59 Å². The second kappa shape index (κ2) is 10.6. The minimum atomic E-state index is -0.383. The van der Waals surface area contributed by atoms with Crippen LogP contribution in [-0.4, -0.2) is 37.0 Å². The van der Waals surface area contributed by atoms with Crippen molar-refractivity contribution in [3.8, 4) is 5.75 Å². The van der Waals surface area contributed by atoms with Crippen LogP contribution in [0.2, 0.25) is 0 Å². The fourth-order valence-electron chi connectivity index (χ4n) is 4.60. The summed E-state index contributed by atoms with van der Waals surface area (Å²) in [5.74, 6) is 1.95. The van der Waals surface area contributed by atoms with E-state index in [1.54, 1.807) is 30.2 Å². The van der Waals surface area contributed by atoms with Crippen LogP contribution < -0.4 is 10.1 Å². The molecule has 1 aromatic carbocycles. The summed E-state index contributed by atoms with van der Waals surface area (Å²) < 4.78 is 11.0. The van der Waals surface area contributed by atoms with Gasteiger partial charge in [-0.05, 0) is 54.2 Å². The van der Waals surface area contributed by atoms with Crippen molar-refractivity contribution < 1.29 is 19.1 Å². The van der Waals surface area contributed by atoms with Gasteiger partial charge in [-0.2, -0.15) is 11.8 Å². The molecule has 1 aliphatic carbocycles. The third-order valence-corrected chi connectivity index (χ3v) is 7.91. The summed E-state index contributed by atoms with van der Waals surface area (Å²) in [6.07, 6.45) is 1.12. The number of allylic oxidation sites excluding steroid dienone is 3. The van der Waals surface area contributed by atoms with E-state index in [4.69, 9.17) is 9.47 Å². The molecule has 0 saturated carbocycles. The second-order valence-corrected chi connectivity index (χ2v) is 10.5. The number of nitrogens with one attached hydrogen (secondary N) is 1. The van der Waals surface area contributed by atoms with Crippen molar-refractivity contribution in [2.75, 3.05) is 25.2 Å². The van der Waals surface area contributed by atoms with Crippen LogP contribution in [0.25, 0.3) is 0 Å². The highest BCUT2D eigenvalue weighted by Crippen LogP contribution is 2.46. The predicted octanol–water partition coefficient (Wildman–Crippen LogP) is 5.41. The molecule has 2 aromatic rings. The van der Waals surface area contributed by atoms with Crippen molar-refractivity contribution in [1.29, 1.82) is 0 Å². The summed E-state index contributed by atoms with van der Waals surface area (Å²) in [5.41, 5.74) is 4.01. The van der Waals surface area contributed by atoms with Crippen LogP contribution in [0.4, 0.5) is 0 Å². The first-order valence-corrected chi connectivity index (χ1v) is 13.2. The summed E-state index contributed by atoms with van der Waals surface area (Å²) in [5, 5.41) is 5.39. The number of carbonyl (C=O) groups is 2. The number of ketones is 1. The average Bonchev–Trinajstić information content (AvgIpc) is 3.35. The molecular weight excluding hydrogens is 454 g/mol. The number of hydrogen-bond acceptors (Lipinski definition) is 7. The lowest BCUT2D eigenvalue weighted by molar-refractivity contribution is -0.138. The van der Waals surface area contributed by atoms with Gasteiger partial charge in [-0.1, -0.05) is 25.1 Å². The predicted molar refractivity (Wildman–Crippen MR) is 134 cm³/mol. The number of methoxy groups -OCH3 is 1. The van der Waals surface area contributed by atoms with Gasteiger partial charge in [0.15, 0.2) is 5.78 Å². The van der Waals surface area contributed by atoms with Gasteiger partial charge in [-0.15, -0.1) is 11.3 Å². The lowest BCUT2D eigenvalue weighted by Gasteiger charge is -2.36. The average molecular weight is 484 g/mol. The van der Waals surface area contributed by atoms with E-state index in [-0.39, 0.29) is 23.6 Å². The van der Waals surface area contributed by atoms with Crippen molar-refractivity contribution in [2.45, 2.75) is 38.5 Å². The number of dihydropyridines is 1. The van der Waals surface area contributed by atoms with E-state index >= 15 is 0 Å². The van der Waals surface area contributed by atoms with E-state index in [1.165, 1.54) is 0 Å². The number of esters is 1. The number of ether oxygens (including phenoxy) is 2. The Kier molecular flexibility index (Phi) is 7.60. The molecule has 2 heterocycles. The fourth-order valence-corrected chi connectivity index (χ4v) is 5.93. The number of thioether (sulfide) groups is 1. The summed E-state index contributed by atoms with van der Waals surface area (Å²) in [6.45, 7) is 4.35. The highest BCUT2D eigenvalue weighted by Gasteiger charge is 2.41. The van der Waals surface area contributed by atoms with Crippen LogP contribution in [0.5, 0.6) is 5.75 Å². The molecular formula is C26H29NO4S2. The molecule has 4 rings (SSSR count). The lowest BCUT2D eigenvalue weighted by Crippen LogP contribution is -2.36. The molecule has 0 fully saturated rings. The van der Waals surface area contributed by atoms with Gasteiger partial charge in [0.2, 0.25) is 0 Å². The summed E-state index contributed by atoms with van der Waals surface area (Å²) >= 11 is 3.30. The van der Waals surface area contributed by atoms with Crippen LogP contribution in [-0.2, 0) is 14.3 Å². The zero-order chi connectivity index (χ0) is 23.4. The Morgan fingerprint density at radius 3 is 2.82 bits per heavy atom. The maximum Gasteiger partial charge on any atom is 0.336 e. The van der Waals surface area contributed by atoms with E-state index < -0.39 is 0 Å². The number of Topliss-reactive ketones (excluding diaryl/α,β-unsaturated/α-hetero) is 1. The number of carbonyl (C=O) groups excluding carboxylic acids is 2. The maximum atomic E-state index is 13.5. The van der Waals surface area contributed by atoms with Crippen molar-refractivity contribution in [3.05, 3.63) is 74.8 Å². The molecule has 0 saturated heterocycles. The Labute approximate surface area is 203 Å². The summed E-state index contributed by atoms with van der Waals surface area (Å²) in [7, 11) is 1.65. The molecule has 5 nitrogen and oxygen atoms in total. The van der Waals surface area contributed by atoms with Gasteiger partial charge >= 0.3 is 5.97 Å².